The molecule has 1 aromatic heterocycles. The van der Waals surface area contributed by atoms with Gasteiger partial charge in [-0.2, -0.15) is 0 Å². The Kier molecular flexibility index (Phi) is 12.9. The summed E-state index contributed by atoms with van der Waals surface area (Å²) in [6.45, 7) is 15.3. The molecule has 2 aliphatic heterocycles. The van der Waals surface area contributed by atoms with Crippen LogP contribution >= 0.6 is 0 Å². The third kappa shape index (κ3) is 8.66. The predicted molar refractivity (Wildman–Crippen MR) is 146 cm³/mol. The van der Waals surface area contributed by atoms with Gasteiger partial charge in [0.15, 0.2) is 0 Å². The predicted octanol–water partition coefficient (Wildman–Crippen LogP) is 6.62. The number of hydrogen-bond acceptors (Lipinski definition) is 6. The number of hydrogen-bond donors (Lipinski definition) is 1. The van der Waals surface area contributed by atoms with Gasteiger partial charge in [-0.05, 0) is 56.6 Å². The Labute approximate surface area is 214 Å². The molecule has 3 heterocycles. The number of esters is 1. The van der Waals surface area contributed by atoms with Gasteiger partial charge in [-0.25, -0.2) is 4.98 Å². The van der Waals surface area contributed by atoms with Crippen LogP contribution in [0.3, 0.4) is 0 Å². The molecule has 2 atom stereocenters. The zero-order valence-corrected chi connectivity index (χ0v) is 23.3. The molecule has 6 heteroatoms. The lowest BCUT2D eigenvalue weighted by atomic mass is 9.77. The van der Waals surface area contributed by atoms with E-state index in [1.54, 1.807) is 0 Å². The molecule has 0 saturated carbocycles. The Morgan fingerprint density at radius 1 is 1.23 bits per heavy atom. The van der Waals surface area contributed by atoms with E-state index in [-0.39, 0.29) is 5.97 Å². The molecule has 1 N–H and O–H groups in total. The van der Waals surface area contributed by atoms with E-state index in [2.05, 4.69) is 57.0 Å². The van der Waals surface area contributed by atoms with Gasteiger partial charge in [0.25, 0.3) is 0 Å². The Morgan fingerprint density at radius 3 is 2.49 bits per heavy atom. The molecule has 0 bridgehead atoms. The van der Waals surface area contributed by atoms with Gasteiger partial charge in [0.1, 0.15) is 5.82 Å². The van der Waals surface area contributed by atoms with Crippen molar-refractivity contribution < 1.29 is 14.3 Å². The number of methoxy groups -OCH3 is 1. The Hall–Kier alpha value is -1.82. The largest absolute Gasteiger partial charge is 0.469 e. The molecule has 2 unspecified atom stereocenters. The molecular weight excluding hydrogens is 438 g/mol. The first-order chi connectivity index (χ1) is 16.9. The van der Waals surface area contributed by atoms with E-state index < -0.39 is 5.41 Å². The number of carbonyl (C=O) groups excluding carboxylic acids is 1. The summed E-state index contributed by atoms with van der Waals surface area (Å²) >= 11 is 0. The zero-order valence-electron chi connectivity index (χ0n) is 23.3. The van der Waals surface area contributed by atoms with E-state index in [0.29, 0.717) is 13.2 Å². The van der Waals surface area contributed by atoms with E-state index in [1.807, 2.05) is 0 Å². The van der Waals surface area contributed by atoms with Gasteiger partial charge in [-0.15, -0.1) is 0 Å². The molecule has 0 aromatic carbocycles. The van der Waals surface area contributed by atoms with E-state index in [4.69, 9.17) is 14.5 Å². The van der Waals surface area contributed by atoms with Crippen molar-refractivity contribution in [3.63, 3.8) is 0 Å². The Bertz CT molecular complexity index is 745. The minimum atomic E-state index is -0.429. The smallest absolute Gasteiger partial charge is 0.312 e. The lowest BCUT2D eigenvalue weighted by Gasteiger charge is -2.34. The highest BCUT2D eigenvalue weighted by molar-refractivity contribution is 5.77. The van der Waals surface area contributed by atoms with Crippen LogP contribution in [0.25, 0.3) is 0 Å². The normalized spacial score (nSPS) is 20.1. The number of nitrogens with zero attached hydrogens (tertiary/aromatic N) is 2. The van der Waals surface area contributed by atoms with E-state index in [0.717, 1.165) is 67.9 Å². The molecular formula is C29H51N3O3. The number of aryl methyl sites for hydroxylation is 1. The van der Waals surface area contributed by atoms with Gasteiger partial charge in [-0.1, -0.05) is 59.8 Å². The average molecular weight is 490 g/mol. The zero-order chi connectivity index (χ0) is 25.7. The van der Waals surface area contributed by atoms with Gasteiger partial charge < -0.3 is 19.7 Å². The summed E-state index contributed by atoms with van der Waals surface area (Å²) < 4.78 is 10.5. The number of rotatable bonds is 11. The van der Waals surface area contributed by atoms with Crippen LogP contribution in [-0.4, -0.2) is 50.9 Å². The number of carbonyl (C=O) groups is 1. The first-order valence-corrected chi connectivity index (χ1v) is 14.0. The minimum Gasteiger partial charge on any atom is -0.469 e. The summed E-state index contributed by atoms with van der Waals surface area (Å²) in [5.41, 5.74) is 1.62. The van der Waals surface area contributed by atoms with Crippen LogP contribution in [-0.2, 0) is 14.3 Å². The van der Waals surface area contributed by atoms with Crippen LogP contribution in [0.1, 0.15) is 91.2 Å². The molecule has 6 nitrogen and oxygen atoms in total. The molecule has 0 amide bonds. The highest BCUT2D eigenvalue weighted by Crippen LogP contribution is 2.36. The van der Waals surface area contributed by atoms with Crippen molar-refractivity contribution in [3.8, 4) is 0 Å². The molecule has 0 aliphatic carbocycles. The SMILES string of the molecule is CCC(C)C1CCN(c2ccc(NCCC3(C(=O)OC)CCOCC3)c(C)n2)C1.CCCCCC. The molecule has 2 saturated heterocycles. The first-order valence-electron chi connectivity index (χ1n) is 14.0. The molecule has 2 aliphatic rings. The second-order valence-corrected chi connectivity index (χ2v) is 10.5. The standard InChI is InChI=1S/C23H37N3O3.C6H14/c1-5-17(2)19-8-13-26(16-19)21-7-6-20(18(3)25-21)24-12-9-23(22(27)28-4)10-14-29-15-11-23;1-3-5-6-4-2/h6-7,17,19,24H,5,8-16H2,1-4H3;3-6H2,1-2H3. The monoisotopic (exact) mass is 489 g/mol. The lowest BCUT2D eigenvalue weighted by molar-refractivity contribution is -0.159. The third-order valence-corrected chi connectivity index (χ3v) is 8.01. The Balaban J connectivity index is 0.000000641. The van der Waals surface area contributed by atoms with Gasteiger partial charge in [0.2, 0.25) is 0 Å². The fourth-order valence-electron chi connectivity index (χ4n) is 5.18. The number of anilines is 2. The number of ether oxygens (including phenoxy) is 2. The van der Waals surface area contributed by atoms with Crippen molar-refractivity contribution in [2.75, 3.05) is 50.2 Å². The lowest BCUT2D eigenvalue weighted by Crippen LogP contribution is -2.39. The van der Waals surface area contributed by atoms with E-state index in [1.165, 1.54) is 45.6 Å². The van der Waals surface area contributed by atoms with Crippen LogP contribution in [0.2, 0.25) is 0 Å². The molecule has 1 aromatic rings. The highest BCUT2D eigenvalue weighted by atomic mass is 16.5. The fraction of sp³-hybridized carbons (Fsp3) is 0.793. The van der Waals surface area contributed by atoms with Crippen molar-refractivity contribution >= 4 is 17.5 Å². The molecule has 3 rings (SSSR count). The highest BCUT2D eigenvalue weighted by Gasteiger charge is 2.40. The Morgan fingerprint density at radius 2 is 1.91 bits per heavy atom. The van der Waals surface area contributed by atoms with Crippen LogP contribution in [0.15, 0.2) is 12.1 Å². The summed E-state index contributed by atoms with van der Waals surface area (Å²) in [7, 11) is 1.48. The molecule has 0 spiro atoms. The molecule has 35 heavy (non-hydrogen) atoms. The maximum absolute atomic E-state index is 12.4. The van der Waals surface area contributed by atoms with Crippen molar-refractivity contribution in [1.82, 2.24) is 4.98 Å². The fourth-order valence-corrected chi connectivity index (χ4v) is 5.18. The average Bonchev–Trinajstić information content (AvgIpc) is 3.39. The second kappa shape index (κ2) is 15.3. The van der Waals surface area contributed by atoms with Crippen LogP contribution in [0, 0.1) is 24.2 Å². The second-order valence-electron chi connectivity index (χ2n) is 10.5. The maximum atomic E-state index is 12.4. The number of pyridine rings is 1. The van der Waals surface area contributed by atoms with Crippen LogP contribution in [0.5, 0.6) is 0 Å². The van der Waals surface area contributed by atoms with Gasteiger partial charge in [0, 0.05) is 32.8 Å². The van der Waals surface area contributed by atoms with E-state index >= 15 is 0 Å². The number of nitrogens with one attached hydrogen (secondary N) is 1. The summed E-state index contributed by atoms with van der Waals surface area (Å²) in [5, 5.41) is 3.49. The van der Waals surface area contributed by atoms with Gasteiger partial charge >= 0.3 is 5.97 Å². The van der Waals surface area contributed by atoms with Crippen LogP contribution < -0.4 is 10.2 Å². The number of unbranched alkanes of at least 4 members (excludes halogenated alkanes) is 3. The topological polar surface area (TPSA) is 63.7 Å². The van der Waals surface area contributed by atoms with Crippen molar-refractivity contribution in [3.05, 3.63) is 17.8 Å². The molecule has 0 radical (unpaired) electrons. The van der Waals surface area contributed by atoms with Crippen molar-refractivity contribution in [1.29, 1.82) is 0 Å². The third-order valence-electron chi connectivity index (χ3n) is 8.01. The first kappa shape index (κ1) is 29.4. The summed E-state index contributed by atoms with van der Waals surface area (Å²) in [5.74, 6) is 2.51. The maximum Gasteiger partial charge on any atom is 0.312 e. The number of aromatic nitrogens is 1. The quantitative estimate of drug-likeness (QED) is 0.278. The van der Waals surface area contributed by atoms with Crippen molar-refractivity contribution in [2.45, 2.75) is 92.4 Å². The molecule has 2 fully saturated rings. The summed E-state index contributed by atoms with van der Waals surface area (Å²) in [4.78, 5) is 19.6. The van der Waals surface area contributed by atoms with Crippen LogP contribution in [0.4, 0.5) is 11.5 Å². The minimum absolute atomic E-state index is 0.113. The van der Waals surface area contributed by atoms with Gasteiger partial charge in [-0.3, -0.25) is 4.79 Å². The van der Waals surface area contributed by atoms with Crippen molar-refractivity contribution in [2.24, 2.45) is 17.3 Å². The summed E-state index contributed by atoms with van der Waals surface area (Å²) in [6.07, 6.45) is 10.2. The van der Waals surface area contributed by atoms with Gasteiger partial charge in [0.05, 0.1) is 23.9 Å². The van der Waals surface area contributed by atoms with E-state index in [9.17, 15) is 4.79 Å². The molecule has 200 valence electrons. The summed E-state index contributed by atoms with van der Waals surface area (Å²) in [6, 6.07) is 4.25.